The molecule has 1 unspecified atom stereocenters. The van der Waals surface area contributed by atoms with Crippen molar-refractivity contribution in [3.05, 3.63) is 36.7 Å². The van der Waals surface area contributed by atoms with Gasteiger partial charge in [0, 0.05) is 18.8 Å². The number of nitrogens with zero attached hydrogens (tertiary/aromatic N) is 2. The molecule has 6 nitrogen and oxygen atoms in total. The average molecular weight is 327 g/mol. The molecule has 2 aromatic rings. The number of aryl methyl sites for hydroxylation is 1. The predicted molar refractivity (Wildman–Crippen MR) is 91.6 cm³/mol. The van der Waals surface area contributed by atoms with Gasteiger partial charge in [-0.05, 0) is 49.2 Å². The maximum absolute atomic E-state index is 12.0. The highest BCUT2D eigenvalue weighted by Gasteiger charge is 2.19. The van der Waals surface area contributed by atoms with Crippen molar-refractivity contribution >= 4 is 5.91 Å². The molecule has 1 amide bonds. The van der Waals surface area contributed by atoms with E-state index in [-0.39, 0.29) is 11.9 Å². The molecule has 2 N–H and O–H groups in total. The summed E-state index contributed by atoms with van der Waals surface area (Å²) in [6.07, 6.45) is 6.93. The molecule has 2 heterocycles. The summed E-state index contributed by atoms with van der Waals surface area (Å²) in [6.45, 7) is 1.85. The molecule has 1 fully saturated rings. The van der Waals surface area contributed by atoms with E-state index < -0.39 is 0 Å². The first-order valence-electron chi connectivity index (χ1n) is 8.36. The van der Waals surface area contributed by atoms with E-state index in [0.29, 0.717) is 13.2 Å². The van der Waals surface area contributed by atoms with E-state index in [4.69, 9.17) is 4.74 Å². The summed E-state index contributed by atoms with van der Waals surface area (Å²) >= 11 is 0. The minimum atomic E-state index is -0.0546. The Bertz CT molecular complexity index is 677. The standard InChI is InChI=1S/C18H23N4O2/c1-22-13-15(12-21-22)14-5-4-6-16(11-14)24-10-9-20-18(23)17-7-2-3-8-19-17/h5-6,11-13,17,19H,2-3,7-10H2,1H3,(H,20,23). The molecule has 1 radical (unpaired) electrons. The molecular weight excluding hydrogens is 304 g/mol. The van der Waals surface area contributed by atoms with E-state index >= 15 is 0 Å². The lowest BCUT2D eigenvalue weighted by atomic mass is 10.0. The zero-order chi connectivity index (χ0) is 16.8. The Labute approximate surface area is 142 Å². The van der Waals surface area contributed by atoms with Crippen LogP contribution in [-0.2, 0) is 11.8 Å². The number of carbonyl (C=O) groups excluding carboxylic acids is 1. The lowest BCUT2D eigenvalue weighted by Gasteiger charge is -2.22. The topological polar surface area (TPSA) is 68.2 Å². The maximum Gasteiger partial charge on any atom is 0.237 e. The summed E-state index contributed by atoms with van der Waals surface area (Å²) < 4.78 is 7.48. The SMILES string of the molecule is Cn1cc(-c2c[c]cc(OCCNC(=O)C3CCCCN3)c2)cn1. The maximum atomic E-state index is 12.0. The largest absolute Gasteiger partial charge is 0.492 e. The van der Waals surface area contributed by atoms with Crippen LogP contribution in [0, 0.1) is 6.07 Å². The van der Waals surface area contributed by atoms with Crippen molar-refractivity contribution < 1.29 is 9.53 Å². The van der Waals surface area contributed by atoms with Gasteiger partial charge in [0.1, 0.15) is 12.4 Å². The second kappa shape index (κ2) is 7.97. The van der Waals surface area contributed by atoms with Gasteiger partial charge in [-0.3, -0.25) is 9.48 Å². The number of rotatable bonds is 6. The summed E-state index contributed by atoms with van der Waals surface area (Å²) in [7, 11) is 1.89. The molecule has 24 heavy (non-hydrogen) atoms. The molecular formula is C18H23N4O2. The normalized spacial score (nSPS) is 17.5. The number of amides is 1. The highest BCUT2D eigenvalue weighted by Crippen LogP contribution is 2.22. The monoisotopic (exact) mass is 327 g/mol. The molecule has 1 aliphatic rings. The first-order chi connectivity index (χ1) is 11.7. The van der Waals surface area contributed by atoms with Gasteiger partial charge in [0.2, 0.25) is 5.91 Å². The number of carbonyl (C=O) groups is 1. The Morgan fingerprint density at radius 1 is 1.46 bits per heavy atom. The summed E-state index contributed by atoms with van der Waals surface area (Å²) in [5.41, 5.74) is 2.03. The zero-order valence-electron chi connectivity index (χ0n) is 13.9. The molecule has 1 atom stereocenters. The molecule has 0 aliphatic carbocycles. The number of piperidine rings is 1. The van der Waals surface area contributed by atoms with Gasteiger partial charge in [0.05, 0.1) is 18.8 Å². The number of hydrogen-bond acceptors (Lipinski definition) is 4. The lowest BCUT2D eigenvalue weighted by molar-refractivity contribution is -0.123. The molecule has 1 saturated heterocycles. The fourth-order valence-corrected chi connectivity index (χ4v) is 2.81. The average Bonchev–Trinajstić information content (AvgIpc) is 3.06. The van der Waals surface area contributed by atoms with Crippen molar-refractivity contribution in [1.29, 1.82) is 0 Å². The van der Waals surface area contributed by atoms with Gasteiger partial charge < -0.3 is 15.4 Å². The molecule has 3 rings (SSSR count). The molecule has 127 valence electrons. The van der Waals surface area contributed by atoms with Gasteiger partial charge in [-0.25, -0.2) is 0 Å². The van der Waals surface area contributed by atoms with Gasteiger partial charge in [0.25, 0.3) is 0 Å². The van der Waals surface area contributed by atoms with Crippen LogP contribution in [0.15, 0.2) is 30.6 Å². The second-order valence-electron chi connectivity index (χ2n) is 6.00. The number of nitrogens with one attached hydrogen (secondary N) is 2. The number of aromatic nitrogens is 2. The van der Waals surface area contributed by atoms with E-state index in [0.717, 1.165) is 42.7 Å². The van der Waals surface area contributed by atoms with Crippen LogP contribution in [0.5, 0.6) is 5.75 Å². The van der Waals surface area contributed by atoms with Crippen molar-refractivity contribution in [2.45, 2.75) is 25.3 Å². The highest BCUT2D eigenvalue weighted by molar-refractivity contribution is 5.81. The smallest absolute Gasteiger partial charge is 0.237 e. The summed E-state index contributed by atoms with van der Waals surface area (Å²) in [5.74, 6) is 0.801. The van der Waals surface area contributed by atoms with E-state index in [1.807, 2.05) is 31.6 Å². The van der Waals surface area contributed by atoms with Crippen molar-refractivity contribution in [1.82, 2.24) is 20.4 Å². The Hall–Kier alpha value is -2.34. The summed E-state index contributed by atoms with van der Waals surface area (Å²) in [4.78, 5) is 12.0. The van der Waals surface area contributed by atoms with Crippen molar-refractivity contribution in [3.63, 3.8) is 0 Å². The quantitative estimate of drug-likeness (QED) is 0.790. The van der Waals surface area contributed by atoms with Crippen molar-refractivity contribution in [3.8, 4) is 16.9 Å². The number of hydrogen-bond donors (Lipinski definition) is 2. The Morgan fingerprint density at radius 3 is 3.12 bits per heavy atom. The number of ether oxygens (including phenoxy) is 1. The zero-order valence-corrected chi connectivity index (χ0v) is 13.9. The van der Waals surface area contributed by atoms with Gasteiger partial charge in [-0.1, -0.05) is 6.42 Å². The third kappa shape index (κ3) is 4.35. The summed E-state index contributed by atoms with van der Waals surface area (Å²) in [6, 6.07) is 8.68. The Balaban J connectivity index is 1.46. The molecule has 6 heteroatoms. The first kappa shape index (κ1) is 16.5. The van der Waals surface area contributed by atoms with Gasteiger partial charge in [-0.15, -0.1) is 0 Å². The van der Waals surface area contributed by atoms with E-state index in [1.54, 1.807) is 10.7 Å². The fraction of sp³-hybridized carbons (Fsp3) is 0.444. The Morgan fingerprint density at radius 2 is 2.38 bits per heavy atom. The van der Waals surface area contributed by atoms with Crippen LogP contribution in [0.3, 0.4) is 0 Å². The van der Waals surface area contributed by atoms with Crippen LogP contribution in [-0.4, -0.2) is 41.4 Å². The van der Waals surface area contributed by atoms with E-state index in [9.17, 15) is 4.79 Å². The van der Waals surface area contributed by atoms with Crippen LogP contribution in [0.4, 0.5) is 0 Å². The van der Waals surface area contributed by atoms with Crippen molar-refractivity contribution in [2.75, 3.05) is 19.7 Å². The second-order valence-corrected chi connectivity index (χ2v) is 6.00. The molecule has 1 aliphatic heterocycles. The van der Waals surface area contributed by atoms with Crippen LogP contribution in [0.25, 0.3) is 11.1 Å². The molecule has 0 spiro atoms. The first-order valence-corrected chi connectivity index (χ1v) is 8.36. The molecule has 0 saturated carbocycles. The van der Waals surface area contributed by atoms with Gasteiger partial charge in [0.15, 0.2) is 0 Å². The van der Waals surface area contributed by atoms with Crippen LogP contribution >= 0.6 is 0 Å². The predicted octanol–water partition coefficient (Wildman–Crippen LogP) is 1.52. The minimum Gasteiger partial charge on any atom is -0.492 e. The van der Waals surface area contributed by atoms with E-state index in [1.165, 1.54) is 0 Å². The highest BCUT2D eigenvalue weighted by atomic mass is 16.5. The third-order valence-electron chi connectivity index (χ3n) is 4.10. The fourth-order valence-electron chi connectivity index (χ4n) is 2.81. The van der Waals surface area contributed by atoms with Gasteiger partial charge in [-0.2, -0.15) is 5.10 Å². The van der Waals surface area contributed by atoms with Crippen molar-refractivity contribution in [2.24, 2.45) is 7.05 Å². The van der Waals surface area contributed by atoms with Crippen LogP contribution in [0.1, 0.15) is 19.3 Å². The molecule has 0 bridgehead atoms. The number of benzene rings is 1. The minimum absolute atomic E-state index is 0.0546. The lowest BCUT2D eigenvalue weighted by Crippen LogP contribution is -2.47. The Kier molecular flexibility index (Phi) is 5.48. The van der Waals surface area contributed by atoms with Crippen LogP contribution in [0.2, 0.25) is 0 Å². The summed E-state index contributed by atoms with van der Waals surface area (Å²) in [5, 5.41) is 10.3. The van der Waals surface area contributed by atoms with Gasteiger partial charge >= 0.3 is 0 Å². The molecule has 1 aromatic carbocycles. The van der Waals surface area contributed by atoms with Crippen LogP contribution < -0.4 is 15.4 Å². The molecule has 1 aromatic heterocycles. The third-order valence-corrected chi connectivity index (χ3v) is 4.10. The van der Waals surface area contributed by atoms with E-state index in [2.05, 4.69) is 21.8 Å².